The second kappa shape index (κ2) is 6.56. The maximum Gasteiger partial charge on any atom is 0.391 e. The molecule has 128 valence electrons. The molecule has 0 spiro atoms. The van der Waals surface area contributed by atoms with Gasteiger partial charge in [0, 0.05) is 12.1 Å². The highest BCUT2D eigenvalue weighted by molar-refractivity contribution is 5.85. The Hall–Kier alpha value is -0.490. The Labute approximate surface area is 135 Å². The summed E-state index contributed by atoms with van der Waals surface area (Å²) in [5, 5.41) is 2.96. The van der Waals surface area contributed by atoms with E-state index >= 15 is 0 Å². The van der Waals surface area contributed by atoms with Gasteiger partial charge in [-0.05, 0) is 56.8 Å². The van der Waals surface area contributed by atoms with Crippen LogP contribution in [0.25, 0.3) is 0 Å². The van der Waals surface area contributed by atoms with Gasteiger partial charge in [-0.3, -0.25) is 4.79 Å². The van der Waals surface area contributed by atoms with E-state index in [4.69, 9.17) is 5.73 Å². The van der Waals surface area contributed by atoms with Crippen molar-refractivity contribution in [1.82, 2.24) is 5.32 Å². The SMILES string of the molecule is Cl.NC1C2CCC(C2)C1C(=O)NC1CCC(C(F)(F)F)CC1. The molecule has 3 rings (SSSR count). The molecule has 3 aliphatic carbocycles. The zero-order chi connectivity index (χ0) is 15.2. The molecule has 3 aliphatic rings. The van der Waals surface area contributed by atoms with Crippen LogP contribution in [0.1, 0.15) is 44.9 Å². The van der Waals surface area contributed by atoms with Crippen LogP contribution in [0.2, 0.25) is 0 Å². The molecule has 3 saturated carbocycles. The highest BCUT2D eigenvalue weighted by Gasteiger charge is 2.49. The van der Waals surface area contributed by atoms with Crippen LogP contribution < -0.4 is 11.1 Å². The number of nitrogens with two attached hydrogens (primary N) is 1. The Morgan fingerprint density at radius 3 is 2.09 bits per heavy atom. The van der Waals surface area contributed by atoms with Gasteiger partial charge in [0.1, 0.15) is 0 Å². The third kappa shape index (κ3) is 3.37. The van der Waals surface area contributed by atoms with Gasteiger partial charge in [-0.25, -0.2) is 0 Å². The van der Waals surface area contributed by atoms with Crippen LogP contribution in [-0.2, 0) is 4.79 Å². The molecule has 3 nitrogen and oxygen atoms in total. The fraction of sp³-hybridized carbons (Fsp3) is 0.933. The third-order valence-electron chi connectivity index (χ3n) is 5.82. The lowest BCUT2D eigenvalue weighted by Gasteiger charge is -2.33. The molecular formula is C15H24ClF3N2O. The van der Waals surface area contributed by atoms with E-state index in [0.717, 1.165) is 19.3 Å². The van der Waals surface area contributed by atoms with Crippen LogP contribution in [0.15, 0.2) is 0 Å². The van der Waals surface area contributed by atoms with E-state index in [-0.39, 0.29) is 49.2 Å². The van der Waals surface area contributed by atoms with Crippen molar-refractivity contribution in [2.45, 2.75) is 63.2 Å². The van der Waals surface area contributed by atoms with Gasteiger partial charge in [0.15, 0.2) is 0 Å². The summed E-state index contributed by atoms with van der Waals surface area (Å²) < 4.78 is 37.9. The first kappa shape index (κ1) is 17.9. The molecule has 0 aliphatic heterocycles. The van der Waals surface area contributed by atoms with Crippen molar-refractivity contribution in [2.24, 2.45) is 29.4 Å². The number of nitrogens with one attached hydrogen (secondary N) is 1. The summed E-state index contributed by atoms with van der Waals surface area (Å²) in [4.78, 5) is 12.4. The first-order chi connectivity index (χ1) is 9.86. The van der Waals surface area contributed by atoms with E-state index in [1.165, 1.54) is 0 Å². The lowest BCUT2D eigenvalue weighted by molar-refractivity contribution is -0.182. The summed E-state index contributed by atoms with van der Waals surface area (Å²) >= 11 is 0. The smallest absolute Gasteiger partial charge is 0.353 e. The Morgan fingerprint density at radius 1 is 1.00 bits per heavy atom. The monoisotopic (exact) mass is 340 g/mol. The summed E-state index contributed by atoms with van der Waals surface area (Å²) in [6, 6.07) is -0.169. The topological polar surface area (TPSA) is 55.1 Å². The van der Waals surface area contributed by atoms with E-state index in [2.05, 4.69) is 5.32 Å². The van der Waals surface area contributed by atoms with E-state index in [0.29, 0.717) is 24.7 Å². The number of halogens is 4. The molecule has 4 unspecified atom stereocenters. The molecule has 2 bridgehead atoms. The predicted molar refractivity (Wildman–Crippen MR) is 79.5 cm³/mol. The van der Waals surface area contributed by atoms with E-state index in [1.54, 1.807) is 0 Å². The summed E-state index contributed by atoms with van der Waals surface area (Å²) in [6.45, 7) is 0. The minimum atomic E-state index is -4.10. The zero-order valence-corrected chi connectivity index (χ0v) is 13.3. The Morgan fingerprint density at radius 2 is 1.59 bits per heavy atom. The van der Waals surface area contributed by atoms with Crippen molar-refractivity contribution in [1.29, 1.82) is 0 Å². The number of alkyl halides is 3. The summed E-state index contributed by atoms with van der Waals surface area (Å²) in [5.74, 6) is -0.493. The molecule has 3 N–H and O–H groups in total. The lowest BCUT2D eigenvalue weighted by atomic mass is 9.82. The molecule has 0 radical (unpaired) electrons. The standard InChI is InChI=1S/C15H23F3N2O.ClH/c16-15(17,18)10-3-5-11(6-4-10)20-14(21)12-8-1-2-9(7-8)13(12)19;/h8-13H,1-7,19H2,(H,20,21);1H. The highest BCUT2D eigenvalue weighted by atomic mass is 35.5. The van der Waals surface area contributed by atoms with E-state index in [1.807, 2.05) is 0 Å². The molecule has 0 saturated heterocycles. The van der Waals surface area contributed by atoms with Gasteiger partial charge in [0.25, 0.3) is 0 Å². The van der Waals surface area contributed by atoms with Crippen molar-refractivity contribution in [3.63, 3.8) is 0 Å². The highest BCUT2D eigenvalue weighted by Crippen LogP contribution is 2.47. The fourth-order valence-electron chi connectivity index (χ4n) is 4.59. The largest absolute Gasteiger partial charge is 0.391 e. The van der Waals surface area contributed by atoms with Crippen LogP contribution in [0, 0.1) is 23.7 Å². The second-order valence-electron chi connectivity index (χ2n) is 7.04. The quantitative estimate of drug-likeness (QED) is 0.812. The molecule has 0 heterocycles. The fourth-order valence-corrected chi connectivity index (χ4v) is 4.59. The lowest BCUT2D eigenvalue weighted by Crippen LogP contribution is -2.49. The number of amides is 1. The number of carbonyl (C=O) groups excluding carboxylic acids is 1. The molecular weight excluding hydrogens is 317 g/mol. The average molecular weight is 341 g/mol. The van der Waals surface area contributed by atoms with E-state index in [9.17, 15) is 18.0 Å². The van der Waals surface area contributed by atoms with Gasteiger partial charge in [0.05, 0.1) is 11.8 Å². The van der Waals surface area contributed by atoms with Gasteiger partial charge < -0.3 is 11.1 Å². The minimum Gasteiger partial charge on any atom is -0.353 e. The van der Waals surface area contributed by atoms with Gasteiger partial charge in [-0.15, -0.1) is 12.4 Å². The molecule has 0 aromatic carbocycles. The van der Waals surface area contributed by atoms with Crippen LogP contribution >= 0.6 is 12.4 Å². The molecule has 1 amide bonds. The molecule has 4 atom stereocenters. The van der Waals surface area contributed by atoms with Crippen LogP contribution in [0.4, 0.5) is 13.2 Å². The summed E-state index contributed by atoms with van der Waals surface area (Å²) in [6.07, 6.45) is 0.220. The van der Waals surface area contributed by atoms with Crippen LogP contribution in [0.3, 0.4) is 0 Å². The van der Waals surface area contributed by atoms with Crippen molar-refractivity contribution in [3.05, 3.63) is 0 Å². The van der Waals surface area contributed by atoms with Crippen molar-refractivity contribution in [2.75, 3.05) is 0 Å². The minimum absolute atomic E-state index is 0. The number of carbonyl (C=O) groups is 1. The maximum absolute atomic E-state index is 12.6. The molecule has 3 fully saturated rings. The third-order valence-corrected chi connectivity index (χ3v) is 5.82. The van der Waals surface area contributed by atoms with Crippen LogP contribution in [0.5, 0.6) is 0 Å². The molecule has 22 heavy (non-hydrogen) atoms. The predicted octanol–water partition coefficient (Wildman–Crippen LogP) is 3.02. The number of hydrogen-bond donors (Lipinski definition) is 2. The van der Waals surface area contributed by atoms with Crippen LogP contribution in [-0.4, -0.2) is 24.2 Å². The first-order valence-electron chi connectivity index (χ1n) is 7.99. The van der Waals surface area contributed by atoms with Gasteiger partial charge in [0.2, 0.25) is 5.91 Å². The van der Waals surface area contributed by atoms with Crippen molar-refractivity contribution in [3.8, 4) is 0 Å². The Kier molecular flexibility index (Phi) is 5.32. The maximum atomic E-state index is 12.6. The molecule has 0 aromatic rings. The van der Waals surface area contributed by atoms with Crippen molar-refractivity contribution < 1.29 is 18.0 Å². The summed E-state index contributed by atoms with van der Waals surface area (Å²) in [7, 11) is 0. The second-order valence-corrected chi connectivity index (χ2v) is 7.04. The number of rotatable bonds is 2. The van der Waals surface area contributed by atoms with Gasteiger partial charge >= 0.3 is 6.18 Å². The Bertz CT molecular complexity index is 408. The van der Waals surface area contributed by atoms with Gasteiger partial charge in [-0.1, -0.05) is 0 Å². The zero-order valence-electron chi connectivity index (χ0n) is 12.4. The number of hydrogen-bond acceptors (Lipinski definition) is 2. The first-order valence-corrected chi connectivity index (χ1v) is 7.99. The van der Waals surface area contributed by atoms with Crippen molar-refractivity contribution >= 4 is 18.3 Å². The van der Waals surface area contributed by atoms with E-state index < -0.39 is 12.1 Å². The normalized spacial score (nSPS) is 41.1. The Balaban J connectivity index is 0.00000176. The van der Waals surface area contributed by atoms with Gasteiger partial charge in [-0.2, -0.15) is 13.2 Å². The summed E-state index contributed by atoms with van der Waals surface area (Å²) in [5.41, 5.74) is 6.14. The average Bonchev–Trinajstić information content (AvgIpc) is 2.98. The molecule has 0 aromatic heterocycles. The molecule has 7 heteroatoms. The number of fused-ring (bicyclic) bond motifs is 2.